The lowest BCUT2D eigenvalue weighted by atomic mass is 9.97. The smallest absolute Gasteiger partial charge is 0.334 e. The van der Waals surface area contributed by atoms with Gasteiger partial charge in [-0.2, -0.15) is 0 Å². The molecule has 0 radical (unpaired) electrons. The second-order valence-corrected chi connectivity index (χ2v) is 6.05. The Morgan fingerprint density at radius 2 is 1.85 bits per heavy atom. The number of aromatic amines is 1. The molecule has 1 aromatic carbocycles. The number of carbonyl (C=O) groups excluding carboxylic acids is 3. The lowest BCUT2D eigenvalue weighted by Crippen LogP contribution is -2.48. The molecule has 0 saturated heterocycles. The van der Waals surface area contributed by atoms with Gasteiger partial charge in [-0.05, 0) is 13.0 Å². The molecule has 0 atom stereocenters. The lowest BCUT2D eigenvalue weighted by molar-refractivity contribution is -0.201. The van der Waals surface area contributed by atoms with Gasteiger partial charge in [0.2, 0.25) is 0 Å². The normalized spacial score (nSPS) is 16.0. The maximum atomic E-state index is 13.4. The third kappa shape index (κ3) is 2.91. The number of ether oxygens (including phenoxy) is 2. The van der Waals surface area contributed by atoms with Gasteiger partial charge in [0.25, 0.3) is 5.78 Å². The number of nitrogens with one attached hydrogen (secondary N) is 1. The Labute approximate surface area is 152 Å². The second-order valence-electron chi connectivity index (χ2n) is 6.05. The fraction of sp³-hybridized carbons (Fsp3) is 0.158. The molecule has 8 heteroatoms. The number of benzene rings is 1. The van der Waals surface area contributed by atoms with E-state index in [2.05, 4.69) is 9.97 Å². The van der Waals surface area contributed by atoms with Crippen LogP contribution in [0.15, 0.2) is 53.4 Å². The van der Waals surface area contributed by atoms with E-state index in [0.717, 1.165) is 12.2 Å². The average Bonchev–Trinajstić information content (AvgIpc) is 3.21. The summed E-state index contributed by atoms with van der Waals surface area (Å²) in [6.45, 7) is 1.74. The average molecular weight is 366 g/mol. The molecule has 0 amide bonds. The van der Waals surface area contributed by atoms with Gasteiger partial charge >= 0.3 is 17.7 Å². The van der Waals surface area contributed by atoms with E-state index in [4.69, 9.17) is 13.9 Å². The third-order valence-corrected chi connectivity index (χ3v) is 4.29. The summed E-state index contributed by atoms with van der Waals surface area (Å²) in [5.74, 6) is -4.63. The Morgan fingerprint density at radius 1 is 1.15 bits per heavy atom. The van der Waals surface area contributed by atoms with Crippen molar-refractivity contribution >= 4 is 28.7 Å². The van der Waals surface area contributed by atoms with Crippen molar-refractivity contribution in [3.63, 3.8) is 0 Å². The van der Waals surface area contributed by atoms with Gasteiger partial charge in [-0.3, -0.25) is 4.79 Å². The molecule has 0 aliphatic carbocycles. The van der Waals surface area contributed by atoms with Gasteiger partial charge in [0.15, 0.2) is 0 Å². The van der Waals surface area contributed by atoms with Crippen LogP contribution in [0.1, 0.15) is 21.7 Å². The highest BCUT2D eigenvalue weighted by molar-refractivity contribution is 6.12. The number of ketones is 1. The summed E-state index contributed by atoms with van der Waals surface area (Å²) < 4.78 is 16.0. The predicted octanol–water partition coefficient (Wildman–Crippen LogP) is 2.24. The number of esters is 2. The van der Waals surface area contributed by atoms with Crippen molar-refractivity contribution < 1.29 is 28.3 Å². The summed E-state index contributed by atoms with van der Waals surface area (Å²) in [5, 5.41) is 0.518. The van der Waals surface area contributed by atoms with Crippen LogP contribution in [0, 0.1) is 6.92 Å². The first kappa shape index (κ1) is 16.8. The summed E-state index contributed by atoms with van der Waals surface area (Å²) in [4.78, 5) is 44.5. The van der Waals surface area contributed by atoms with Crippen LogP contribution in [0.5, 0.6) is 0 Å². The van der Waals surface area contributed by atoms with E-state index in [0.29, 0.717) is 22.4 Å². The van der Waals surface area contributed by atoms with Crippen molar-refractivity contribution in [2.24, 2.45) is 0 Å². The molecule has 27 heavy (non-hydrogen) atoms. The number of hydrogen-bond acceptors (Lipinski definition) is 7. The van der Waals surface area contributed by atoms with Gasteiger partial charge in [-0.25, -0.2) is 14.6 Å². The Bertz CT molecular complexity index is 1070. The van der Waals surface area contributed by atoms with Crippen LogP contribution in [-0.4, -0.2) is 33.5 Å². The molecule has 1 N–H and O–H groups in total. The van der Waals surface area contributed by atoms with Gasteiger partial charge in [0.1, 0.15) is 11.8 Å². The van der Waals surface area contributed by atoms with E-state index in [9.17, 15) is 14.4 Å². The molecule has 3 aromatic rings. The fourth-order valence-electron chi connectivity index (χ4n) is 2.94. The van der Waals surface area contributed by atoms with Crippen molar-refractivity contribution in [3.8, 4) is 0 Å². The lowest BCUT2D eigenvalue weighted by Gasteiger charge is -2.28. The minimum Gasteiger partial charge on any atom is -0.464 e. The quantitative estimate of drug-likeness (QED) is 0.557. The fourth-order valence-corrected chi connectivity index (χ4v) is 2.94. The highest BCUT2D eigenvalue weighted by atomic mass is 16.7. The topological polar surface area (TPSA) is 111 Å². The van der Waals surface area contributed by atoms with Gasteiger partial charge in [-0.1, -0.05) is 18.2 Å². The minimum absolute atomic E-state index is 0.140. The van der Waals surface area contributed by atoms with Crippen LogP contribution < -0.4 is 0 Å². The van der Waals surface area contributed by atoms with Gasteiger partial charge < -0.3 is 18.9 Å². The number of furan rings is 1. The molecule has 0 saturated carbocycles. The highest BCUT2D eigenvalue weighted by Gasteiger charge is 2.49. The van der Waals surface area contributed by atoms with E-state index in [1.807, 2.05) is 0 Å². The number of carbonyl (C=O) groups is 3. The Kier molecular flexibility index (Phi) is 3.88. The minimum atomic E-state index is -2.19. The van der Waals surface area contributed by atoms with E-state index in [1.54, 1.807) is 31.2 Å². The number of imidazole rings is 1. The Morgan fingerprint density at radius 3 is 2.52 bits per heavy atom. The van der Waals surface area contributed by atoms with Crippen LogP contribution in [0.4, 0.5) is 0 Å². The van der Waals surface area contributed by atoms with E-state index >= 15 is 0 Å². The number of hydrogen-bond donors (Lipinski definition) is 1. The Hall–Kier alpha value is -3.68. The number of nitrogens with zero attached hydrogens (tertiary/aromatic N) is 1. The SMILES string of the molecule is Cc1[nH]cnc1CC1(C(=O)c2coc3ccccc23)OC(=O)C=CC(=O)O1. The summed E-state index contributed by atoms with van der Waals surface area (Å²) in [6.07, 6.45) is 4.30. The van der Waals surface area contributed by atoms with Crippen LogP contribution in [0.2, 0.25) is 0 Å². The molecule has 2 aromatic heterocycles. The number of aryl methyl sites for hydroxylation is 1. The van der Waals surface area contributed by atoms with Crippen LogP contribution in [-0.2, 0) is 25.5 Å². The molecule has 0 fully saturated rings. The maximum Gasteiger partial charge on any atom is 0.334 e. The number of fused-ring (bicyclic) bond motifs is 1. The number of H-pyrrole nitrogens is 1. The Balaban J connectivity index is 1.84. The molecule has 0 spiro atoms. The standard InChI is InChI=1S/C19H14N2O6/c1-11-14(21-10-20-11)8-19(26-16(22)6-7-17(23)27-19)18(24)13-9-25-15-5-3-2-4-12(13)15/h2-7,9-10H,8H2,1H3,(H,20,21). The number of Topliss-reactive ketones (excluding diaryl/α,β-unsaturated/α-hetero) is 1. The molecule has 1 aliphatic rings. The van der Waals surface area contributed by atoms with Crippen molar-refractivity contribution in [1.29, 1.82) is 0 Å². The number of aromatic nitrogens is 2. The summed E-state index contributed by atoms with van der Waals surface area (Å²) in [5.41, 5.74) is 1.71. The first-order chi connectivity index (χ1) is 13.0. The zero-order valence-electron chi connectivity index (χ0n) is 14.2. The van der Waals surface area contributed by atoms with Crippen LogP contribution in [0.25, 0.3) is 11.0 Å². The zero-order chi connectivity index (χ0) is 19.0. The first-order valence-corrected chi connectivity index (χ1v) is 8.12. The van der Waals surface area contributed by atoms with Crippen molar-refractivity contribution in [2.75, 3.05) is 0 Å². The largest absolute Gasteiger partial charge is 0.464 e. The highest BCUT2D eigenvalue weighted by Crippen LogP contribution is 2.31. The van der Waals surface area contributed by atoms with Crippen molar-refractivity contribution in [3.05, 3.63) is 66.0 Å². The van der Waals surface area contributed by atoms with Crippen molar-refractivity contribution in [1.82, 2.24) is 9.97 Å². The number of cyclic esters (lactones) is 2. The molecule has 136 valence electrons. The number of para-hydroxylation sites is 1. The zero-order valence-corrected chi connectivity index (χ0v) is 14.2. The predicted molar refractivity (Wildman–Crippen MR) is 91.6 cm³/mol. The van der Waals surface area contributed by atoms with E-state index < -0.39 is 23.5 Å². The molecule has 4 rings (SSSR count). The van der Waals surface area contributed by atoms with E-state index in [1.165, 1.54) is 12.6 Å². The van der Waals surface area contributed by atoms with Gasteiger partial charge in [0, 0.05) is 23.2 Å². The first-order valence-electron chi connectivity index (χ1n) is 8.12. The summed E-state index contributed by atoms with van der Waals surface area (Å²) in [7, 11) is 0. The van der Waals surface area contributed by atoms with E-state index in [-0.39, 0.29) is 12.0 Å². The van der Waals surface area contributed by atoms with Gasteiger partial charge in [0.05, 0.1) is 24.0 Å². The molecular formula is C19H14N2O6. The molecule has 8 nitrogen and oxygen atoms in total. The number of rotatable bonds is 4. The molecule has 3 heterocycles. The van der Waals surface area contributed by atoms with Crippen LogP contribution >= 0.6 is 0 Å². The van der Waals surface area contributed by atoms with Gasteiger partial charge in [-0.15, -0.1) is 0 Å². The summed E-state index contributed by atoms with van der Waals surface area (Å²) in [6, 6.07) is 6.89. The third-order valence-electron chi connectivity index (χ3n) is 4.29. The summed E-state index contributed by atoms with van der Waals surface area (Å²) >= 11 is 0. The molecule has 0 unspecified atom stereocenters. The van der Waals surface area contributed by atoms with Crippen LogP contribution in [0.3, 0.4) is 0 Å². The molecule has 0 bridgehead atoms. The maximum absolute atomic E-state index is 13.4. The second kappa shape index (κ2) is 6.24. The monoisotopic (exact) mass is 366 g/mol. The molecule has 1 aliphatic heterocycles. The molecular weight excluding hydrogens is 352 g/mol. The van der Waals surface area contributed by atoms with Crippen molar-refractivity contribution in [2.45, 2.75) is 19.1 Å².